The first-order valence-corrected chi connectivity index (χ1v) is 18.8. The van der Waals surface area contributed by atoms with Crippen molar-refractivity contribution in [1.29, 1.82) is 0 Å². The van der Waals surface area contributed by atoms with E-state index in [-0.39, 0.29) is 17.6 Å². The fourth-order valence-electron chi connectivity index (χ4n) is 4.32. The van der Waals surface area contributed by atoms with Crippen LogP contribution in [0, 0.1) is 0 Å². The zero-order valence-corrected chi connectivity index (χ0v) is 26.2. The van der Waals surface area contributed by atoms with Crippen LogP contribution in [0.25, 0.3) is 0 Å². The third-order valence-corrected chi connectivity index (χ3v) is 10.3. The van der Waals surface area contributed by atoms with E-state index in [2.05, 4.69) is 13.8 Å². The zero-order chi connectivity index (χ0) is 25.7. The molecule has 0 heterocycles. The highest BCUT2D eigenvalue weighted by Gasteiger charge is 2.11. The summed E-state index contributed by atoms with van der Waals surface area (Å²) in [5.74, 6) is 0. The van der Waals surface area contributed by atoms with Gasteiger partial charge in [-0.2, -0.15) is 8.42 Å². The van der Waals surface area contributed by atoms with Gasteiger partial charge in [0, 0.05) is 17.6 Å². The topological polar surface area (TPSA) is 52.6 Å². The average Bonchev–Trinajstić information content (AvgIpc) is 2.84. The van der Waals surface area contributed by atoms with Crippen LogP contribution in [-0.4, -0.2) is 20.7 Å². The maximum Gasteiger partial charge on any atom is 0.405 e. The molecule has 0 fully saturated rings. The van der Waals surface area contributed by atoms with Crippen molar-refractivity contribution in [2.75, 3.05) is 12.3 Å². The maximum absolute atomic E-state index is 11.8. The summed E-state index contributed by atoms with van der Waals surface area (Å²) in [6.07, 6.45) is 33.2. The minimum Gasteiger partial charge on any atom is -0.229 e. The highest BCUT2D eigenvalue weighted by Crippen LogP contribution is 2.26. The van der Waals surface area contributed by atoms with E-state index in [1.165, 1.54) is 141 Å². The first kappa shape index (κ1) is 35.7. The van der Waals surface area contributed by atoms with E-state index in [1.807, 2.05) is 0 Å². The second-order valence-electron chi connectivity index (χ2n) is 10.1. The minimum atomic E-state index is -3.79. The maximum atomic E-state index is 11.8. The smallest absolute Gasteiger partial charge is 0.229 e. The van der Waals surface area contributed by atoms with Crippen molar-refractivity contribution in [3.05, 3.63) is 0 Å². The number of rotatable bonds is 30. The van der Waals surface area contributed by atoms with Crippen LogP contribution in [0.15, 0.2) is 0 Å². The van der Waals surface area contributed by atoms with Crippen molar-refractivity contribution in [2.24, 2.45) is 0 Å². The van der Waals surface area contributed by atoms with E-state index < -0.39 is 10.4 Å². The fraction of sp³-hybridized carbons (Fsp3) is 1.00. The monoisotopic (exact) mass is 554 g/mol. The molecule has 0 saturated carbocycles. The Bertz CT molecular complexity index is 465. The van der Waals surface area contributed by atoms with Gasteiger partial charge in [-0.25, -0.2) is 7.94 Å². The first-order valence-electron chi connectivity index (χ1n) is 15.2. The summed E-state index contributed by atoms with van der Waals surface area (Å²) in [4.78, 5) is 0. The van der Waals surface area contributed by atoms with Crippen LogP contribution < -0.4 is 0 Å². The van der Waals surface area contributed by atoms with Crippen LogP contribution in [0.2, 0.25) is 0 Å². The summed E-state index contributed by atoms with van der Waals surface area (Å²) in [5, 5.41) is 0. The van der Waals surface area contributed by atoms with Gasteiger partial charge in [-0.1, -0.05) is 155 Å². The lowest BCUT2D eigenvalue weighted by Gasteiger charge is -2.06. The lowest BCUT2D eigenvalue weighted by atomic mass is 10.1. The largest absolute Gasteiger partial charge is 0.405 e. The second kappa shape index (κ2) is 29.3. The van der Waals surface area contributed by atoms with Crippen LogP contribution in [0.3, 0.4) is 0 Å². The van der Waals surface area contributed by atoms with Gasteiger partial charge >= 0.3 is 10.4 Å². The van der Waals surface area contributed by atoms with E-state index in [1.54, 1.807) is 0 Å². The van der Waals surface area contributed by atoms with Gasteiger partial charge in [0.1, 0.15) is 0 Å². The molecule has 35 heavy (non-hydrogen) atoms. The molecule has 0 aliphatic rings. The predicted molar refractivity (Wildman–Crippen MR) is 160 cm³/mol. The average molecular weight is 555 g/mol. The molecule has 0 rings (SSSR count). The van der Waals surface area contributed by atoms with Crippen molar-refractivity contribution >= 4 is 28.0 Å². The SMILES string of the molecule is CCCCCCCCCCCCCCPOS(=O)(=O)OPCCCCCCCCCCCCCC. The van der Waals surface area contributed by atoms with Crippen LogP contribution in [0.4, 0.5) is 0 Å². The molecule has 0 aliphatic heterocycles. The molecule has 0 aromatic heterocycles. The van der Waals surface area contributed by atoms with E-state index in [9.17, 15) is 8.42 Å². The molecule has 0 aromatic carbocycles. The Morgan fingerprint density at radius 2 is 0.629 bits per heavy atom. The van der Waals surface area contributed by atoms with Crippen LogP contribution in [-0.2, 0) is 18.3 Å². The van der Waals surface area contributed by atoms with Crippen molar-refractivity contribution in [3.63, 3.8) is 0 Å². The van der Waals surface area contributed by atoms with Gasteiger partial charge in [-0.3, -0.25) is 0 Å². The highest BCUT2D eigenvalue weighted by atomic mass is 32.3. The minimum absolute atomic E-state index is 0.00230. The first-order chi connectivity index (χ1) is 17.1. The molecule has 0 aromatic rings. The van der Waals surface area contributed by atoms with E-state index in [0.717, 1.165) is 25.2 Å². The molecule has 2 atom stereocenters. The standard InChI is InChI=1S/C28H60O4P2S/c1-3-5-7-9-11-13-15-17-19-21-23-25-27-33-31-35(29,30)32-34-28-26-24-22-20-18-16-14-12-10-8-6-4-2/h33-34H,3-28H2,1-2H3. The summed E-state index contributed by atoms with van der Waals surface area (Å²) >= 11 is 0. The lowest BCUT2D eigenvalue weighted by molar-refractivity contribution is 0.428. The van der Waals surface area contributed by atoms with Crippen LogP contribution in [0.1, 0.15) is 168 Å². The number of unbranched alkanes of at least 4 members (excludes halogenated alkanes) is 22. The third-order valence-electron chi connectivity index (χ3n) is 6.59. The Kier molecular flexibility index (Phi) is 29.9. The Labute approximate surface area is 224 Å². The molecule has 0 N–H and O–H groups in total. The molecule has 0 bridgehead atoms. The number of hydrogen-bond acceptors (Lipinski definition) is 4. The molecule has 0 spiro atoms. The normalized spacial score (nSPS) is 12.6. The van der Waals surface area contributed by atoms with Gasteiger partial charge in [0.25, 0.3) is 0 Å². The van der Waals surface area contributed by atoms with Gasteiger partial charge in [-0.05, 0) is 25.2 Å². The molecular formula is C28H60O4P2S. The van der Waals surface area contributed by atoms with E-state index in [0.29, 0.717) is 0 Å². The second-order valence-corrected chi connectivity index (χ2v) is 13.9. The van der Waals surface area contributed by atoms with E-state index >= 15 is 0 Å². The summed E-state index contributed by atoms with van der Waals surface area (Å²) in [7, 11) is -3.79. The fourth-order valence-corrected chi connectivity index (χ4v) is 7.37. The molecule has 0 saturated heterocycles. The molecule has 0 radical (unpaired) electrons. The van der Waals surface area contributed by atoms with Gasteiger partial charge in [0.05, 0.1) is 0 Å². The van der Waals surface area contributed by atoms with Gasteiger partial charge in [-0.15, -0.1) is 0 Å². The molecule has 212 valence electrons. The summed E-state index contributed by atoms with van der Waals surface area (Å²) in [5.41, 5.74) is 0. The van der Waals surface area contributed by atoms with Crippen LogP contribution in [0.5, 0.6) is 0 Å². The summed E-state index contributed by atoms with van der Waals surface area (Å²) in [6.45, 7) is 4.53. The van der Waals surface area contributed by atoms with Crippen molar-refractivity contribution in [3.8, 4) is 0 Å². The molecule has 7 heteroatoms. The van der Waals surface area contributed by atoms with Gasteiger partial charge in [0.2, 0.25) is 0 Å². The van der Waals surface area contributed by atoms with Gasteiger partial charge in [0.15, 0.2) is 0 Å². The Hall–Kier alpha value is 0.730. The van der Waals surface area contributed by atoms with Crippen molar-refractivity contribution in [2.45, 2.75) is 168 Å². The van der Waals surface area contributed by atoms with Crippen LogP contribution >= 0.6 is 17.6 Å². The third kappa shape index (κ3) is 30.8. The Morgan fingerprint density at radius 3 is 0.886 bits per heavy atom. The van der Waals surface area contributed by atoms with Crippen molar-refractivity contribution < 1.29 is 16.4 Å². The molecule has 4 nitrogen and oxygen atoms in total. The Balaban J connectivity index is 3.29. The molecule has 0 amide bonds. The molecule has 0 aliphatic carbocycles. The Morgan fingerprint density at radius 1 is 0.400 bits per heavy atom. The molecule has 2 unspecified atom stereocenters. The highest BCUT2D eigenvalue weighted by molar-refractivity contribution is 7.87. The summed E-state index contributed by atoms with van der Waals surface area (Å²) < 4.78 is 33.7. The van der Waals surface area contributed by atoms with E-state index in [4.69, 9.17) is 7.94 Å². The predicted octanol–water partition coefficient (Wildman–Crippen LogP) is 10.9. The lowest BCUT2D eigenvalue weighted by Crippen LogP contribution is -2.00. The zero-order valence-electron chi connectivity index (χ0n) is 23.4. The quantitative estimate of drug-likeness (QED) is 0.0654. The molecular weight excluding hydrogens is 494 g/mol. The van der Waals surface area contributed by atoms with Gasteiger partial charge < -0.3 is 0 Å². The number of hydrogen-bond donors (Lipinski definition) is 0. The summed E-state index contributed by atoms with van der Waals surface area (Å²) in [6, 6.07) is 0. The van der Waals surface area contributed by atoms with Crippen molar-refractivity contribution in [1.82, 2.24) is 0 Å².